The standard InChI is InChI=1S/C42H27N6/c1-4-14-28(15-5-1)33-27-46(29-16-6-2-7-17-29)38-26-43-42(45-41(38)44-33)48-35-23-13-11-21-32(35)40-37(48)25-24-36-39(40)31-20-10-12-22-34(31)47(36)30-18-8-3-9-19-30/h1-27H/q+1. The van der Waals surface area contributed by atoms with Crippen LogP contribution in [0.25, 0.3) is 83.4 Å². The monoisotopic (exact) mass is 615 g/mol. The van der Waals surface area contributed by atoms with Crippen LogP contribution in [0.1, 0.15) is 0 Å². The van der Waals surface area contributed by atoms with E-state index in [1.165, 1.54) is 21.7 Å². The molecule has 6 nitrogen and oxygen atoms in total. The van der Waals surface area contributed by atoms with Crippen LogP contribution in [0.15, 0.2) is 164 Å². The van der Waals surface area contributed by atoms with Crippen molar-refractivity contribution < 1.29 is 4.57 Å². The van der Waals surface area contributed by atoms with Crippen LogP contribution in [0.5, 0.6) is 0 Å². The van der Waals surface area contributed by atoms with Crippen LogP contribution >= 0.6 is 0 Å². The van der Waals surface area contributed by atoms with E-state index < -0.39 is 0 Å². The summed E-state index contributed by atoms with van der Waals surface area (Å²) < 4.78 is 6.67. The molecule has 0 unspecified atom stereocenters. The molecule has 0 N–H and O–H groups in total. The van der Waals surface area contributed by atoms with Crippen LogP contribution in [-0.4, -0.2) is 24.1 Å². The van der Waals surface area contributed by atoms with E-state index in [2.05, 4.69) is 135 Å². The molecule has 10 rings (SSSR count). The molecule has 0 radical (unpaired) electrons. The van der Waals surface area contributed by atoms with Crippen molar-refractivity contribution in [3.8, 4) is 28.6 Å². The average molecular weight is 616 g/mol. The van der Waals surface area contributed by atoms with Crippen molar-refractivity contribution in [2.45, 2.75) is 0 Å². The maximum Gasteiger partial charge on any atom is 0.274 e. The van der Waals surface area contributed by atoms with Gasteiger partial charge in [-0.25, -0.2) is 9.97 Å². The van der Waals surface area contributed by atoms with Gasteiger partial charge in [0.1, 0.15) is 11.9 Å². The van der Waals surface area contributed by atoms with Crippen LogP contribution in [-0.2, 0) is 0 Å². The maximum absolute atomic E-state index is 5.20. The number of rotatable bonds is 4. The lowest BCUT2D eigenvalue weighted by atomic mass is 10.1. The Hall–Kier alpha value is -6.66. The number of para-hydroxylation sites is 4. The second-order valence-electron chi connectivity index (χ2n) is 12.0. The van der Waals surface area contributed by atoms with Crippen molar-refractivity contribution in [1.29, 1.82) is 0 Å². The fraction of sp³-hybridized carbons (Fsp3) is 0. The van der Waals surface area contributed by atoms with E-state index in [-0.39, 0.29) is 0 Å². The topological polar surface area (TPSA) is 52.4 Å². The molecule has 0 aliphatic carbocycles. The Bertz CT molecular complexity index is 2820. The summed E-state index contributed by atoms with van der Waals surface area (Å²) in [7, 11) is 0. The molecular weight excluding hydrogens is 589 g/mol. The largest absolute Gasteiger partial charge is 0.309 e. The number of hydrogen-bond donors (Lipinski definition) is 0. The van der Waals surface area contributed by atoms with E-state index in [9.17, 15) is 0 Å². The van der Waals surface area contributed by atoms with E-state index in [1.54, 1.807) is 0 Å². The minimum absolute atomic E-state index is 0.581. The van der Waals surface area contributed by atoms with Gasteiger partial charge in [0, 0.05) is 44.9 Å². The summed E-state index contributed by atoms with van der Waals surface area (Å²) in [5.41, 5.74) is 9.91. The van der Waals surface area contributed by atoms with E-state index in [4.69, 9.17) is 15.0 Å². The summed E-state index contributed by atoms with van der Waals surface area (Å²) in [6.45, 7) is 0. The van der Waals surface area contributed by atoms with Crippen LogP contribution in [0.2, 0.25) is 0 Å². The predicted molar refractivity (Wildman–Crippen MR) is 193 cm³/mol. The third-order valence-corrected chi connectivity index (χ3v) is 9.26. The van der Waals surface area contributed by atoms with Crippen molar-refractivity contribution in [2.75, 3.05) is 0 Å². The van der Waals surface area contributed by atoms with Crippen molar-refractivity contribution in [1.82, 2.24) is 24.1 Å². The van der Waals surface area contributed by atoms with Gasteiger partial charge in [0.2, 0.25) is 23.5 Å². The first-order valence-corrected chi connectivity index (χ1v) is 16.0. The summed E-state index contributed by atoms with van der Waals surface area (Å²) in [6, 6.07) is 52.8. The van der Waals surface area contributed by atoms with Gasteiger partial charge in [0.05, 0.1) is 22.1 Å². The first-order valence-electron chi connectivity index (χ1n) is 16.0. The Kier molecular flexibility index (Phi) is 5.77. The summed E-state index contributed by atoms with van der Waals surface area (Å²) in [6.07, 6.45) is 3.96. The maximum atomic E-state index is 5.20. The highest BCUT2D eigenvalue weighted by Crippen LogP contribution is 2.41. The van der Waals surface area contributed by atoms with Crippen molar-refractivity contribution in [3.05, 3.63) is 164 Å². The number of aromatic nitrogens is 6. The van der Waals surface area contributed by atoms with Crippen LogP contribution in [0.3, 0.4) is 0 Å². The number of hydrogen-bond acceptors (Lipinski definition) is 3. The SMILES string of the molecule is c1ccc(-c2c[n+](-c3ccccc3)c3cnc(-n4c5ccccc5c5c6c7ccccc7n(-c7ccccc7)c6ccc54)nc3n2)cc1. The first-order chi connectivity index (χ1) is 23.8. The van der Waals surface area contributed by atoms with Gasteiger partial charge in [-0.1, -0.05) is 103 Å². The summed E-state index contributed by atoms with van der Waals surface area (Å²) in [5, 5.41) is 4.77. The molecule has 10 aromatic rings. The van der Waals surface area contributed by atoms with Crippen LogP contribution in [0, 0.1) is 0 Å². The Balaban J connectivity index is 1.28. The molecule has 6 heteroatoms. The summed E-state index contributed by atoms with van der Waals surface area (Å²) in [5.74, 6) is 0.581. The lowest BCUT2D eigenvalue weighted by molar-refractivity contribution is -0.567. The quantitative estimate of drug-likeness (QED) is 0.186. The van der Waals surface area contributed by atoms with Crippen LogP contribution < -0.4 is 4.57 Å². The molecule has 4 heterocycles. The van der Waals surface area contributed by atoms with E-state index in [1.807, 2.05) is 42.6 Å². The third-order valence-electron chi connectivity index (χ3n) is 9.26. The average Bonchev–Trinajstić information content (AvgIpc) is 3.68. The normalized spacial score (nSPS) is 11.8. The Morgan fingerprint density at radius 2 is 1.04 bits per heavy atom. The number of fused-ring (bicyclic) bond motifs is 8. The van der Waals surface area contributed by atoms with E-state index in [0.717, 1.165) is 50.1 Å². The van der Waals surface area contributed by atoms with Gasteiger partial charge in [-0.2, -0.15) is 9.55 Å². The molecule has 0 atom stereocenters. The van der Waals surface area contributed by atoms with Gasteiger partial charge < -0.3 is 4.57 Å². The molecule has 0 saturated heterocycles. The Labute approximate surface area is 275 Å². The van der Waals surface area contributed by atoms with Gasteiger partial charge in [-0.15, -0.1) is 0 Å². The smallest absolute Gasteiger partial charge is 0.274 e. The minimum atomic E-state index is 0.581. The molecule has 4 aromatic heterocycles. The van der Waals surface area contributed by atoms with E-state index >= 15 is 0 Å². The molecular formula is C42H27N6+. The summed E-state index contributed by atoms with van der Waals surface area (Å²) >= 11 is 0. The van der Waals surface area contributed by atoms with Crippen molar-refractivity contribution >= 4 is 54.8 Å². The van der Waals surface area contributed by atoms with E-state index in [0.29, 0.717) is 11.6 Å². The molecule has 0 aliphatic heterocycles. The van der Waals surface area contributed by atoms with Gasteiger partial charge >= 0.3 is 0 Å². The number of nitrogens with zero attached hydrogens (tertiary/aromatic N) is 6. The van der Waals surface area contributed by atoms with Gasteiger partial charge in [0.15, 0.2) is 0 Å². The predicted octanol–water partition coefficient (Wildman–Crippen LogP) is 9.16. The van der Waals surface area contributed by atoms with Crippen LogP contribution in [0.4, 0.5) is 0 Å². The molecule has 0 fully saturated rings. The fourth-order valence-electron chi connectivity index (χ4n) is 7.19. The molecule has 0 spiro atoms. The second kappa shape index (κ2) is 10.4. The molecule has 0 bridgehead atoms. The highest BCUT2D eigenvalue weighted by molar-refractivity contribution is 6.28. The highest BCUT2D eigenvalue weighted by atomic mass is 15.2. The Morgan fingerprint density at radius 3 is 1.73 bits per heavy atom. The lowest BCUT2D eigenvalue weighted by Gasteiger charge is -2.09. The Morgan fingerprint density at radius 1 is 0.479 bits per heavy atom. The molecule has 0 saturated carbocycles. The molecule has 224 valence electrons. The molecule has 0 amide bonds. The molecule has 0 aliphatic rings. The lowest BCUT2D eigenvalue weighted by Crippen LogP contribution is -2.32. The summed E-state index contributed by atoms with van der Waals surface area (Å²) in [4.78, 5) is 15.3. The van der Waals surface area contributed by atoms with Gasteiger partial charge in [0.25, 0.3) is 5.52 Å². The molecule has 48 heavy (non-hydrogen) atoms. The fourth-order valence-corrected chi connectivity index (χ4v) is 7.19. The zero-order chi connectivity index (χ0) is 31.6. The van der Waals surface area contributed by atoms with Crippen molar-refractivity contribution in [3.63, 3.8) is 0 Å². The van der Waals surface area contributed by atoms with Gasteiger partial charge in [-0.3, -0.25) is 4.57 Å². The zero-order valence-corrected chi connectivity index (χ0v) is 25.8. The third kappa shape index (κ3) is 3.93. The number of benzene rings is 6. The second-order valence-corrected chi connectivity index (χ2v) is 12.0. The first kappa shape index (κ1) is 26.5. The highest BCUT2D eigenvalue weighted by Gasteiger charge is 2.23. The van der Waals surface area contributed by atoms with Crippen molar-refractivity contribution in [2.24, 2.45) is 0 Å². The zero-order valence-electron chi connectivity index (χ0n) is 25.8. The van der Waals surface area contributed by atoms with Gasteiger partial charge in [-0.05, 0) is 36.4 Å². The molecule has 6 aromatic carbocycles. The minimum Gasteiger partial charge on any atom is -0.309 e.